The van der Waals surface area contributed by atoms with Gasteiger partial charge in [0.15, 0.2) is 0 Å². The summed E-state index contributed by atoms with van der Waals surface area (Å²) in [5.74, 6) is 1.67. The van der Waals surface area contributed by atoms with E-state index >= 15 is 0 Å². The van der Waals surface area contributed by atoms with Crippen molar-refractivity contribution in [2.75, 3.05) is 13.2 Å². The van der Waals surface area contributed by atoms with Gasteiger partial charge in [-0.05, 0) is 56.8 Å². The molecule has 1 unspecified atom stereocenters. The molecule has 3 heteroatoms. The minimum absolute atomic E-state index is 0.300. The molecule has 0 amide bonds. The van der Waals surface area contributed by atoms with E-state index in [2.05, 4.69) is 19.1 Å². The fourth-order valence-electron chi connectivity index (χ4n) is 4.75. The maximum absolute atomic E-state index is 9.08. The number of aliphatic hydroxyl groups excluding tert-OH is 1. The highest BCUT2D eigenvalue weighted by Gasteiger charge is 2.48. The fourth-order valence-corrected chi connectivity index (χ4v) is 4.75. The SMILES string of the molecule is C[C@@H](CO)CC/C=C\CC1[C@@H]2CC[C@@H](O2)[C@@H]1COC1CCCCC1. The van der Waals surface area contributed by atoms with E-state index in [9.17, 15) is 0 Å². The van der Waals surface area contributed by atoms with Crippen LogP contribution in [0.2, 0.25) is 0 Å². The first-order chi connectivity index (χ1) is 11.8. The average molecular weight is 337 g/mol. The van der Waals surface area contributed by atoms with E-state index in [4.69, 9.17) is 14.6 Å². The molecule has 1 N–H and O–H groups in total. The highest BCUT2D eigenvalue weighted by Crippen LogP contribution is 2.45. The summed E-state index contributed by atoms with van der Waals surface area (Å²) in [5.41, 5.74) is 0. The van der Waals surface area contributed by atoms with Gasteiger partial charge in [-0.3, -0.25) is 0 Å². The lowest BCUT2D eigenvalue weighted by Gasteiger charge is -2.30. The van der Waals surface area contributed by atoms with Crippen LogP contribution in [0.5, 0.6) is 0 Å². The topological polar surface area (TPSA) is 38.7 Å². The van der Waals surface area contributed by atoms with E-state index in [1.165, 1.54) is 44.9 Å². The summed E-state index contributed by atoms with van der Waals surface area (Å²) in [7, 11) is 0. The third kappa shape index (κ3) is 4.83. The summed E-state index contributed by atoms with van der Waals surface area (Å²) in [6, 6.07) is 0. The smallest absolute Gasteiger partial charge is 0.0633 e. The minimum atomic E-state index is 0.300. The standard InChI is InChI=1S/C21H36O3/c1-16(14-22)8-4-2-7-11-18-19(21-13-12-20(18)24-21)15-23-17-9-5-3-6-10-17/h2,7,16-22H,3-6,8-15H2,1H3/b7-2-/t16-,18?,19-,20+,21-/m1/s1. The highest BCUT2D eigenvalue weighted by atomic mass is 16.5. The van der Waals surface area contributed by atoms with Gasteiger partial charge in [0.05, 0.1) is 24.9 Å². The Morgan fingerprint density at radius 1 is 1.04 bits per heavy atom. The minimum Gasteiger partial charge on any atom is -0.396 e. The van der Waals surface area contributed by atoms with E-state index in [1.54, 1.807) is 0 Å². The predicted octanol–water partition coefficient (Wildman–Crippen LogP) is 4.48. The Kier molecular flexibility index (Phi) is 7.18. The van der Waals surface area contributed by atoms with E-state index < -0.39 is 0 Å². The maximum Gasteiger partial charge on any atom is 0.0633 e. The van der Waals surface area contributed by atoms with Crippen molar-refractivity contribution in [3.05, 3.63) is 12.2 Å². The fraction of sp³-hybridized carbons (Fsp3) is 0.905. The van der Waals surface area contributed by atoms with Crippen molar-refractivity contribution in [2.24, 2.45) is 17.8 Å². The third-order valence-corrected chi connectivity index (χ3v) is 6.38. The first kappa shape index (κ1) is 18.4. The summed E-state index contributed by atoms with van der Waals surface area (Å²) in [6.45, 7) is 3.32. The molecule has 3 rings (SSSR count). The lowest BCUT2D eigenvalue weighted by atomic mass is 9.78. The van der Waals surface area contributed by atoms with Crippen LogP contribution in [0.15, 0.2) is 12.2 Å². The molecular weight excluding hydrogens is 300 g/mol. The molecule has 138 valence electrons. The van der Waals surface area contributed by atoms with E-state index in [0.717, 1.165) is 25.9 Å². The van der Waals surface area contributed by atoms with E-state index in [1.807, 2.05) is 0 Å². The molecule has 0 spiro atoms. The molecule has 24 heavy (non-hydrogen) atoms. The number of allylic oxidation sites excluding steroid dienone is 2. The van der Waals surface area contributed by atoms with Crippen LogP contribution >= 0.6 is 0 Å². The molecule has 1 aliphatic carbocycles. The van der Waals surface area contributed by atoms with Crippen molar-refractivity contribution >= 4 is 0 Å². The Morgan fingerprint density at radius 3 is 2.54 bits per heavy atom. The monoisotopic (exact) mass is 336 g/mol. The molecule has 3 fully saturated rings. The van der Waals surface area contributed by atoms with Crippen molar-refractivity contribution in [2.45, 2.75) is 89.4 Å². The largest absolute Gasteiger partial charge is 0.396 e. The van der Waals surface area contributed by atoms with Crippen molar-refractivity contribution < 1.29 is 14.6 Å². The number of ether oxygens (including phenoxy) is 2. The lowest BCUT2D eigenvalue weighted by Crippen LogP contribution is -2.32. The van der Waals surface area contributed by atoms with Gasteiger partial charge >= 0.3 is 0 Å². The summed E-state index contributed by atoms with van der Waals surface area (Å²) >= 11 is 0. The first-order valence-corrected chi connectivity index (χ1v) is 10.3. The second-order valence-corrected chi connectivity index (χ2v) is 8.28. The average Bonchev–Trinajstić information content (AvgIpc) is 3.22. The van der Waals surface area contributed by atoms with E-state index in [0.29, 0.717) is 42.7 Å². The zero-order valence-corrected chi connectivity index (χ0v) is 15.4. The third-order valence-electron chi connectivity index (χ3n) is 6.38. The van der Waals surface area contributed by atoms with Gasteiger partial charge in [-0.2, -0.15) is 0 Å². The Bertz CT molecular complexity index is 389. The van der Waals surface area contributed by atoms with Crippen molar-refractivity contribution in [3.8, 4) is 0 Å². The number of hydrogen-bond donors (Lipinski definition) is 1. The Labute approximate surface area is 147 Å². The molecular formula is C21H36O3. The van der Waals surface area contributed by atoms with Gasteiger partial charge < -0.3 is 14.6 Å². The molecule has 0 aromatic carbocycles. The Morgan fingerprint density at radius 2 is 1.79 bits per heavy atom. The number of hydrogen-bond acceptors (Lipinski definition) is 3. The van der Waals surface area contributed by atoms with Crippen LogP contribution in [0.4, 0.5) is 0 Å². The molecule has 2 bridgehead atoms. The van der Waals surface area contributed by atoms with E-state index in [-0.39, 0.29) is 0 Å². The second kappa shape index (κ2) is 9.35. The van der Waals surface area contributed by atoms with Crippen molar-refractivity contribution in [3.63, 3.8) is 0 Å². The zero-order valence-electron chi connectivity index (χ0n) is 15.4. The van der Waals surface area contributed by atoms with Crippen LogP contribution in [-0.2, 0) is 9.47 Å². The maximum atomic E-state index is 9.08. The van der Waals surface area contributed by atoms with Gasteiger partial charge in [-0.15, -0.1) is 0 Å². The Balaban J connectivity index is 1.43. The lowest BCUT2D eigenvalue weighted by molar-refractivity contribution is -0.0130. The van der Waals surface area contributed by atoms with Gasteiger partial charge in [-0.25, -0.2) is 0 Å². The summed E-state index contributed by atoms with van der Waals surface area (Å²) in [4.78, 5) is 0. The molecule has 0 aromatic heterocycles. The normalized spacial score (nSPS) is 35.1. The van der Waals surface area contributed by atoms with Crippen LogP contribution in [-0.4, -0.2) is 36.6 Å². The molecule has 0 radical (unpaired) electrons. The number of aliphatic hydroxyl groups is 1. The van der Waals surface area contributed by atoms with Crippen LogP contribution in [0, 0.1) is 17.8 Å². The van der Waals surface area contributed by atoms with Crippen LogP contribution < -0.4 is 0 Å². The molecule has 3 nitrogen and oxygen atoms in total. The molecule has 1 saturated carbocycles. The van der Waals surface area contributed by atoms with Crippen LogP contribution in [0.3, 0.4) is 0 Å². The quantitative estimate of drug-likeness (QED) is 0.631. The van der Waals surface area contributed by atoms with Gasteiger partial charge in [0.2, 0.25) is 0 Å². The Hall–Kier alpha value is -0.380. The number of fused-ring (bicyclic) bond motifs is 2. The molecule has 5 atom stereocenters. The predicted molar refractivity (Wildman–Crippen MR) is 96.9 cm³/mol. The van der Waals surface area contributed by atoms with Gasteiger partial charge in [0.1, 0.15) is 0 Å². The van der Waals surface area contributed by atoms with Crippen molar-refractivity contribution in [1.82, 2.24) is 0 Å². The highest BCUT2D eigenvalue weighted by molar-refractivity contribution is 5.00. The molecule has 2 heterocycles. The second-order valence-electron chi connectivity index (χ2n) is 8.28. The van der Waals surface area contributed by atoms with Crippen LogP contribution in [0.25, 0.3) is 0 Å². The van der Waals surface area contributed by atoms with Gasteiger partial charge in [0, 0.05) is 12.5 Å². The zero-order chi connectivity index (χ0) is 16.8. The van der Waals surface area contributed by atoms with Gasteiger partial charge in [-0.1, -0.05) is 38.3 Å². The van der Waals surface area contributed by atoms with Crippen molar-refractivity contribution in [1.29, 1.82) is 0 Å². The first-order valence-electron chi connectivity index (χ1n) is 10.3. The summed E-state index contributed by atoms with van der Waals surface area (Å²) in [6.07, 6.45) is 18.4. The number of rotatable bonds is 9. The molecule has 3 aliphatic rings. The summed E-state index contributed by atoms with van der Waals surface area (Å²) in [5, 5.41) is 9.08. The molecule has 0 aromatic rings. The van der Waals surface area contributed by atoms with Gasteiger partial charge in [0.25, 0.3) is 0 Å². The molecule has 2 saturated heterocycles. The summed E-state index contributed by atoms with van der Waals surface area (Å²) < 4.78 is 12.5. The molecule has 2 aliphatic heterocycles. The van der Waals surface area contributed by atoms with Crippen LogP contribution in [0.1, 0.15) is 71.1 Å².